The average Bonchev–Trinajstić information content (AvgIpc) is 3.28. The maximum atomic E-state index is 13.0. The molecule has 14 heteroatoms. The molecule has 0 bridgehead atoms. The van der Waals surface area contributed by atoms with Gasteiger partial charge in [-0.3, -0.25) is 4.79 Å². The molecule has 12 atom stereocenters. The molecule has 2 rings (SSSR count). The first-order valence-corrected chi connectivity index (χ1v) is 25.4. The van der Waals surface area contributed by atoms with E-state index in [4.69, 9.17) is 18.9 Å². The van der Waals surface area contributed by atoms with Gasteiger partial charge in [-0.2, -0.15) is 0 Å². The summed E-state index contributed by atoms with van der Waals surface area (Å²) in [6.07, 6.45) is 21.6. The quantitative estimate of drug-likeness (QED) is 0.0241. The van der Waals surface area contributed by atoms with Gasteiger partial charge >= 0.3 is 0 Å². The Kier molecular flexibility index (Phi) is 33.8. The molecule has 0 aromatic heterocycles. The van der Waals surface area contributed by atoms with E-state index in [9.17, 15) is 45.6 Å². The van der Waals surface area contributed by atoms with Crippen molar-refractivity contribution in [3.8, 4) is 0 Å². The molecule has 0 radical (unpaired) electrons. The fourth-order valence-electron chi connectivity index (χ4n) is 8.53. The maximum absolute atomic E-state index is 13.0. The predicted octanol–water partition coefficient (Wildman–Crippen LogP) is 6.38. The lowest BCUT2D eigenvalue weighted by molar-refractivity contribution is -0.359. The number of hydrogen-bond acceptors (Lipinski definition) is 13. The third-order valence-corrected chi connectivity index (χ3v) is 12.7. The lowest BCUT2D eigenvalue weighted by atomic mass is 9.97. The van der Waals surface area contributed by atoms with Crippen molar-refractivity contribution in [2.45, 2.75) is 274 Å². The van der Waals surface area contributed by atoms with Crippen LogP contribution in [0.25, 0.3) is 0 Å². The second-order valence-corrected chi connectivity index (χ2v) is 18.3. The van der Waals surface area contributed by atoms with Crippen LogP contribution in [0.5, 0.6) is 0 Å². The monoisotopic (exact) mass is 904 g/mol. The first-order valence-electron chi connectivity index (χ1n) is 25.4. The summed E-state index contributed by atoms with van der Waals surface area (Å²) in [5.41, 5.74) is 0. The van der Waals surface area contributed by atoms with Gasteiger partial charge in [0.2, 0.25) is 5.91 Å². The zero-order valence-electron chi connectivity index (χ0n) is 39.3. The van der Waals surface area contributed by atoms with Crippen molar-refractivity contribution >= 4 is 5.91 Å². The Morgan fingerprint density at radius 2 is 0.984 bits per heavy atom. The van der Waals surface area contributed by atoms with Gasteiger partial charge in [-0.25, -0.2) is 0 Å². The van der Waals surface area contributed by atoms with Crippen LogP contribution in [0.15, 0.2) is 12.2 Å². The minimum atomic E-state index is -1.78. The standard InChI is InChI=1S/C49H93NO13/c1-3-5-7-9-11-12-13-14-15-16-17-18-19-20-21-22-23-24-25-26-27-28-30-32-38(53)37(50-41(54)33-31-29-10-8-6-4-2)36-60-48-46(59)44(57)47(40(35-52)62-48)63-49-45(58)43(56)42(55)39(34-51)61-49/h30,32,37-40,42-49,51-53,55-59H,3-29,31,33-36H2,1-2H3,(H,50,54)/b32-30+. The van der Waals surface area contributed by atoms with Crippen LogP contribution in [-0.4, -0.2) is 140 Å². The molecule has 0 saturated carbocycles. The summed E-state index contributed by atoms with van der Waals surface area (Å²) >= 11 is 0. The van der Waals surface area contributed by atoms with Gasteiger partial charge < -0.3 is 65.1 Å². The van der Waals surface area contributed by atoms with Crippen LogP contribution in [0.3, 0.4) is 0 Å². The van der Waals surface area contributed by atoms with Crippen LogP contribution in [0.1, 0.15) is 200 Å². The molecular formula is C49H93NO13. The molecule has 63 heavy (non-hydrogen) atoms. The van der Waals surface area contributed by atoms with E-state index < -0.39 is 86.8 Å². The number of aliphatic hydroxyl groups excluding tert-OH is 8. The summed E-state index contributed by atoms with van der Waals surface area (Å²) in [7, 11) is 0. The number of ether oxygens (including phenoxy) is 4. The SMILES string of the molecule is CCCCCCCCCCCCCCCCCCCCCCC/C=C/C(O)C(COC1OC(CO)C(OC2OC(CO)C(O)C(O)C2O)C(O)C1O)NC(=O)CCCCCCCC. The van der Waals surface area contributed by atoms with Crippen molar-refractivity contribution < 1.29 is 64.6 Å². The highest BCUT2D eigenvalue weighted by Gasteiger charge is 2.51. The summed E-state index contributed by atoms with van der Waals surface area (Å²) in [4.78, 5) is 13.0. The topological polar surface area (TPSA) is 228 Å². The highest BCUT2D eigenvalue weighted by Crippen LogP contribution is 2.30. The number of carbonyl (C=O) groups is 1. The van der Waals surface area contributed by atoms with Crippen LogP contribution in [-0.2, 0) is 23.7 Å². The molecule has 9 N–H and O–H groups in total. The summed E-state index contributed by atoms with van der Waals surface area (Å²) in [5.74, 6) is -0.248. The van der Waals surface area contributed by atoms with Crippen LogP contribution >= 0.6 is 0 Å². The fourth-order valence-corrected chi connectivity index (χ4v) is 8.53. The lowest BCUT2D eigenvalue weighted by Crippen LogP contribution is -2.65. The van der Waals surface area contributed by atoms with Gasteiger partial charge in [0.25, 0.3) is 0 Å². The molecule has 0 aromatic rings. The largest absolute Gasteiger partial charge is 0.394 e. The second-order valence-electron chi connectivity index (χ2n) is 18.3. The zero-order valence-corrected chi connectivity index (χ0v) is 39.3. The van der Waals surface area contributed by atoms with Gasteiger partial charge in [-0.05, 0) is 19.3 Å². The van der Waals surface area contributed by atoms with Crippen molar-refractivity contribution in [1.29, 1.82) is 0 Å². The van der Waals surface area contributed by atoms with E-state index in [-0.39, 0.29) is 18.9 Å². The highest BCUT2D eigenvalue weighted by molar-refractivity contribution is 5.76. The minimum absolute atomic E-state index is 0.248. The van der Waals surface area contributed by atoms with E-state index in [2.05, 4.69) is 19.2 Å². The number of nitrogens with one attached hydrogen (secondary N) is 1. The van der Waals surface area contributed by atoms with Gasteiger partial charge in [0.05, 0.1) is 32.0 Å². The van der Waals surface area contributed by atoms with Gasteiger partial charge in [-0.15, -0.1) is 0 Å². The number of amides is 1. The molecular weight excluding hydrogens is 811 g/mol. The number of aliphatic hydroxyl groups is 8. The van der Waals surface area contributed by atoms with E-state index in [0.29, 0.717) is 6.42 Å². The molecule has 2 fully saturated rings. The number of rotatable bonds is 39. The molecule has 2 aliphatic heterocycles. The first-order chi connectivity index (χ1) is 30.6. The Bertz CT molecular complexity index is 1120. The van der Waals surface area contributed by atoms with Crippen LogP contribution in [0, 0.1) is 0 Å². The molecule has 0 aliphatic carbocycles. The fraction of sp³-hybridized carbons (Fsp3) is 0.939. The smallest absolute Gasteiger partial charge is 0.220 e. The summed E-state index contributed by atoms with van der Waals surface area (Å²) in [6, 6.07) is -0.905. The van der Waals surface area contributed by atoms with Crippen molar-refractivity contribution in [2.75, 3.05) is 19.8 Å². The third kappa shape index (κ3) is 24.4. The minimum Gasteiger partial charge on any atom is -0.394 e. The van der Waals surface area contributed by atoms with Crippen LogP contribution in [0.2, 0.25) is 0 Å². The van der Waals surface area contributed by atoms with Gasteiger partial charge in [0.1, 0.15) is 48.8 Å². The summed E-state index contributed by atoms with van der Waals surface area (Å²) < 4.78 is 22.6. The molecule has 2 saturated heterocycles. The van der Waals surface area contributed by atoms with E-state index in [1.54, 1.807) is 6.08 Å². The molecule has 0 aromatic carbocycles. The second kappa shape index (κ2) is 36.8. The number of allylic oxidation sites excluding steroid dienone is 1. The van der Waals surface area contributed by atoms with Crippen LogP contribution in [0.4, 0.5) is 0 Å². The summed E-state index contributed by atoms with van der Waals surface area (Å²) in [6.45, 7) is 2.72. The number of carbonyl (C=O) groups excluding carboxylic acids is 1. The number of hydrogen-bond donors (Lipinski definition) is 9. The molecule has 12 unspecified atom stereocenters. The molecule has 2 aliphatic rings. The Hall–Kier alpha value is -1.27. The highest BCUT2D eigenvalue weighted by atomic mass is 16.7. The van der Waals surface area contributed by atoms with E-state index in [1.807, 2.05) is 6.08 Å². The van der Waals surface area contributed by atoms with Crippen molar-refractivity contribution in [3.63, 3.8) is 0 Å². The van der Waals surface area contributed by atoms with Gasteiger partial charge in [-0.1, -0.05) is 187 Å². The van der Waals surface area contributed by atoms with E-state index in [1.165, 1.54) is 122 Å². The maximum Gasteiger partial charge on any atom is 0.220 e. The molecule has 372 valence electrons. The first kappa shape index (κ1) is 57.9. The van der Waals surface area contributed by atoms with E-state index in [0.717, 1.165) is 51.4 Å². The Balaban J connectivity index is 1.74. The van der Waals surface area contributed by atoms with Crippen LogP contribution < -0.4 is 5.32 Å². The summed E-state index contributed by atoms with van der Waals surface area (Å²) in [5, 5.41) is 86.4. The van der Waals surface area contributed by atoms with Gasteiger partial charge in [0.15, 0.2) is 12.6 Å². The zero-order chi connectivity index (χ0) is 46.1. The molecule has 1 amide bonds. The van der Waals surface area contributed by atoms with E-state index >= 15 is 0 Å². The normalized spacial score (nSPS) is 27.5. The molecule has 2 heterocycles. The molecule has 14 nitrogen and oxygen atoms in total. The Morgan fingerprint density at radius 3 is 1.46 bits per heavy atom. The average molecular weight is 904 g/mol. The van der Waals surface area contributed by atoms with Crippen molar-refractivity contribution in [3.05, 3.63) is 12.2 Å². The number of unbranched alkanes of at least 4 members (excludes halogenated alkanes) is 26. The predicted molar refractivity (Wildman–Crippen MR) is 245 cm³/mol. The van der Waals surface area contributed by atoms with Crippen molar-refractivity contribution in [1.82, 2.24) is 5.32 Å². The Morgan fingerprint density at radius 1 is 0.556 bits per heavy atom. The lowest BCUT2D eigenvalue weighted by Gasteiger charge is -2.46. The third-order valence-electron chi connectivity index (χ3n) is 12.7. The Labute approximate surface area is 380 Å². The van der Waals surface area contributed by atoms with Crippen molar-refractivity contribution in [2.24, 2.45) is 0 Å². The molecule has 0 spiro atoms. The van der Waals surface area contributed by atoms with Gasteiger partial charge in [0, 0.05) is 6.42 Å².